The molecule has 2 N–H and O–H groups in total. The van der Waals surface area contributed by atoms with Crippen LogP contribution in [0.5, 0.6) is 5.75 Å². The van der Waals surface area contributed by atoms with Crippen LogP contribution in [0.25, 0.3) is 0 Å². The Balaban J connectivity index is 2.30. The zero-order chi connectivity index (χ0) is 12.7. The van der Waals surface area contributed by atoms with E-state index in [2.05, 4.69) is 0 Å². The largest absolute Gasteiger partial charge is 0.493 e. The van der Waals surface area contributed by atoms with Gasteiger partial charge in [0.15, 0.2) is 0 Å². The number of benzene rings is 1. The fourth-order valence-corrected chi connectivity index (χ4v) is 1.23. The summed E-state index contributed by atoms with van der Waals surface area (Å²) in [6, 6.07) is 5.09. The second-order valence-corrected chi connectivity index (χ2v) is 3.45. The van der Waals surface area contributed by atoms with E-state index in [1.165, 1.54) is 12.1 Å². The molecular formula is C12H16FNO3. The predicted molar refractivity (Wildman–Crippen MR) is 61.1 cm³/mol. The third-order valence-corrected chi connectivity index (χ3v) is 2.08. The second kappa shape index (κ2) is 6.85. The van der Waals surface area contributed by atoms with E-state index in [0.717, 1.165) is 0 Å². The van der Waals surface area contributed by atoms with Crippen molar-refractivity contribution in [1.82, 2.24) is 0 Å². The number of carbonyl (C=O) groups excluding carboxylic acids is 1. The van der Waals surface area contributed by atoms with E-state index in [4.69, 9.17) is 15.2 Å². The molecule has 17 heavy (non-hydrogen) atoms. The highest BCUT2D eigenvalue weighted by Gasteiger charge is 2.14. The maximum absolute atomic E-state index is 12.8. The van der Waals surface area contributed by atoms with Crippen molar-refractivity contribution in [2.45, 2.75) is 19.4 Å². The molecule has 0 spiro atoms. The van der Waals surface area contributed by atoms with E-state index < -0.39 is 12.0 Å². The van der Waals surface area contributed by atoms with Crippen molar-refractivity contribution in [2.24, 2.45) is 5.73 Å². The zero-order valence-electron chi connectivity index (χ0n) is 9.69. The number of halogens is 1. The molecule has 0 fully saturated rings. The van der Waals surface area contributed by atoms with Gasteiger partial charge in [0.05, 0.1) is 13.2 Å². The van der Waals surface area contributed by atoms with E-state index in [1.807, 2.05) is 0 Å². The Morgan fingerprint density at radius 1 is 1.53 bits per heavy atom. The molecule has 0 aliphatic rings. The van der Waals surface area contributed by atoms with Crippen LogP contribution in [0.4, 0.5) is 4.39 Å². The van der Waals surface area contributed by atoms with Gasteiger partial charge in [0.1, 0.15) is 17.6 Å². The normalized spacial score (nSPS) is 11.9. The zero-order valence-corrected chi connectivity index (χ0v) is 9.69. The van der Waals surface area contributed by atoms with Crippen LogP contribution >= 0.6 is 0 Å². The fourth-order valence-electron chi connectivity index (χ4n) is 1.23. The van der Waals surface area contributed by atoms with Gasteiger partial charge in [-0.2, -0.15) is 0 Å². The fraction of sp³-hybridized carbons (Fsp3) is 0.417. The first-order valence-electron chi connectivity index (χ1n) is 5.44. The molecule has 0 aliphatic carbocycles. The molecule has 0 amide bonds. The van der Waals surface area contributed by atoms with Gasteiger partial charge in [0.2, 0.25) is 0 Å². The molecular weight excluding hydrogens is 225 g/mol. The van der Waals surface area contributed by atoms with Gasteiger partial charge in [-0.1, -0.05) is 6.07 Å². The van der Waals surface area contributed by atoms with Crippen LogP contribution in [0.1, 0.15) is 13.3 Å². The van der Waals surface area contributed by atoms with Crippen LogP contribution in [-0.2, 0) is 9.53 Å². The topological polar surface area (TPSA) is 61.5 Å². The molecule has 4 nitrogen and oxygen atoms in total. The van der Waals surface area contributed by atoms with Crippen molar-refractivity contribution in [3.05, 3.63) is 30.1 Å². The van der Waals surface area contributed by atoms with Crippen molar-refractivity contribution in [2.75, 3.05) is 13.2 Å². The van der Waals surface area contributed by atoms with Gasteiger partial charge < -0.3 is 15.2 Å². The molecule has 0 aromatic heterocycles. The van der Waals surface area contributed by atoms with Gasteiger partial charge >= 0.3 is 5.97 Å². The van der Waals surface area contributed by atoms with Crippen molar-refractivity contribution in [3.63, 3.8) is 0 Å². The van der Waals surface area contributed by atoms with Crippen molar-refractivity contribution < 1.29 is 18.7 Å². The Hall–Kier alpha value is -1.62. The monoisotopic (exact) mass is 241 g/mol. The quantitative estimate of drug-likeness (QED) is 0.766. The van der Waals surface area contributed by atoms with Crippen molar-refractivity contribution in [1.29, 1.82) is 0 Å². The smallest absolute Gasteiger partial charge is 0.323 e. The number of esters is 1. The van der Waals surface area contributed by atoms with Crippen LogP contribution in [-0.4, -0.2) is 25.2 Å². The molecule has 5 heteroatoms. The van der Waals surface area contributed by atoms with E-state index >= 15 is 0 Å². The van der Waals surface area contributed by atoms with Crippen LogP contribution in [0.3, 0.4) is 0 Å². The van der Waals surface area contributed by atoms with E-state index in [9.17, 15) is 9.18 Å². The van der Waals surface area contributed by atoms with Crippen LogP contribution in [0.15, 0.2) is 24.3 Å². The standard InChI is InChI=1S/C12H16FNO3/c1-2-16-12(15)11(14)6-7-17-10-5-3-4-9(13)8-10/h3-5,8,11H,2,6-7,14H2,1H3. The maximum Gasteiger partial charge on any atom is 0.323 e. The van der Waals surface area contributed by atoms with Gasteiger partial charge in [-0.3, -0.25) is 4.79 Å². The van der Waals surface area contributed by atoms with Crippen LogP contribution in [0, 0.1) is 5.82 Å². The molecule has 94 valence electrons. The minimum atomic E-state index is -0.705. The molecule has 1 rings (SSSR count). The number of ether oxygens (including phenoxy) is 2. The summed E-state index contributed by atoms with van der Waals surface area (Å²) < 4.78 is 22.8. The molecule has 1 unspecified atom stereocenters. The van der Waals surface area contributed by atoms with Crippen molar-refractivity contribution in [3.8, 4) is 5.75 Å². The van der Waals surface area contributed by atoms with Gasteiger partial charge in [0.25, 0.3) is 0 Å². The summed E-state index contributed by atoms with van der Waals surface area (Å²) in [5, 5.41) is 0. The lowest BCUT2D eigenvalue weighted by molar-refractivity contribution is -0.145. The number of carbonyl (C=O) groups is 1. The first-order chi connectivity index (χ1) is 8.13. The summed E-state index contributed by atoms with van der Waals surface area (Å²) in [6.07, 6.45) is 0.329. The summed E-state index contributed by atoms with van der Waals surface area (Å²) in [7, 11) is 0. The average Bonchev–Trinajstić information content (AvgIpc) is 2.29. The lowest BCUT2D eigenvalue weighted by Gasteiger charge is -2.11. The lowest BCUT2D eigenvalue weighted by atomic mass is 10.2. The maximum atomic E-state index is 12.8. The van der Waals surface area contributed by atoms with Crippen LogP contribution in [0.2, 0.25) is 0 Å². The third-order valence-electron chi connectivity index (χ3n) is 2.08. The molecule has 1 aromatic carbocycles. The SMILES string of the molecule is CCOC(=O)C(N)CCOc1cccc(F)c1. The number of nitrogens with two attached hydrogens (primary N) is 1. The molecule has 1 aromatic rings. The Labute approximate surface area is 99.5 Å². The molecule has 0 saturated heterocycles. The minimum absolute atomic E-state index is 0.240. The Kier molecular flexibility index (Phi) is 5.42. The summed E-state index contributed by atoms with van der Waals surface area (Å²) >= 11 is 0. The first kappa shape index (κ1) is 13.4. The average molecular weight is 241 g/mol. The molecule has 0 heterocycles. The highest BCUT2D eigenvalue weighted by atomic mass is 19.1. The molecule has 1 atom stereocenters. The first-order valence-corrected chi connectivity index (χ1v) is 5.44. The van der Waals surface area contributed by atoms with Crippen LogP contribution < -0.4 is 10.5 Å². The highest BCUT2D eigenvalue weighted by molar-refractivity contribution is 5.75. The summed E-state index contributed by atoms with van der Waals surface area (Å²) in [4.78, 5) is 11.2. The summed E-state index contributed by atoms with van der Waals surface area (Å²) in [5.74, 6) is -0.395. The predicted octanol–water partition coefficient (Wildman–Crippen LogP) is 1.48. The van der Waals surface area contributed by atoms with E-state index in [1.54, 1.807) is 19.1 Å². The molecule has 0 saturated carbocycles. The minimum Gasteiger partial charge on any atom is -0.493 e. The molecule has 0 bridgehead atoms. The number of hydrogen-bond acceptors (Lipinski definition) is 4. The van der Waals surface area contributed by atoms with E-state index in [0.29, 0.717) is 18.8 Å². The summed E-state index contributed by atoms with van der Waals surface area (Å²) in [5.41, 5.74) is 5.57. The van der Waals surface area contributed by atoms with Gasteiger partial charge in [-0.25, -0.2) is 4.39 Å². The number of hydrogen-bond donors (Lipinski definition) is 1. The highest BCUT2D eigenvalue weighted by Crippen LogP contribution is 2.12. The van der Waals surface area contributed by atoms with Gasteiger partial charge in [0, 0.05) is 12.5 Å². The number of rotatable bonds is 6. The Morgan fingerprint density at radius 3 is 2.94 bits per heavy atom. The lowest BCUT2D eigenvalue weighted by Crippen LogP contribution is -2.33. The summed E-state index contributed by atoms with van der Waals surface area (Å²) in [6.45, 7) is 2.26. The van der Waals surface area contributed by atoms with E-state index in [-0.39, 0.29) is 12.4 Å². The van der Waals surface area contributed by atoms with Gasteiger partial charge in [-0.15, -0.1) is 0 Å². The van der Waals surface area contributed by atoms with Crippen molar-refractivity contribution >= 4 is 5.97 Å². The molecule has 0 radical (unpaired) electrons. The Morgan fingerprint density at radius 2 is 2.29 bits per heavy atom. The van der Waals surface area contributed by atoms with Gasteiger partial charge in [-0.05, 0) is 19.1 Å². The third kappa shape index (κ3) is 4.82. The second-order valence-electron chi connectivity index (χ2n) is 3.45. The molecule has 0 aliphatic heterocycles. The Bertz CT molecular complexity index is 371.